The van der Waals surface area contributed by atoms with Crippen LogP contribution >= 0.6 is 0 Å². The molecule has 1 fully saturated rings. The van der Waals surface area contributed by atoms with Crippen molar-refractivity contribution in [2.45, 2.75) is 19.8 Å². The predicted molar refractivity (Wildman–Crippen MR) is 130 cm³/mol. The number of rotatable bonds is 11. The number of carbonyl (C=O) groups is 1. The molecule has 0 saturated carbocycles. The third-order valence-corrected chi connectivity index (χ3v) is 7.53. The standard InChI is InChI=1S/C24H33N3O5S/c1-3-32-23-9-5-20(6-10-23)19-24(28)25-13-4-18-33(29,30)27-16-14-26(15-17-27)21-7-11-22(31-2)12-8-21/h5-12H,3-4,13-19H2,1-2H3,(H,25,28). The van der Waals surface area contributed by atoms with E-state index in [4.69, 9.17) is 9.47 Å². The molecule has 1 saturated heterocycles. The summed E-state index contributed by atoms with van der Waals surface area (Å²) in [7, 11) is -1.71. The molecule has 0 aromatic heterocycles. The molecule has 0 spiro atoms. The molecule has 1 aliphatic rings. The molecule has 8 nitrogen and oxygen atoms in total. The number of benzene rings is 2. The highest BCUT2D eigenvalue weighted by Crippen LogP contribution is 2.21. The van der Waals surface area contributed by atoms with Gasteiger partial charge in [-0.1, -0.05) is 12.1 Å². The summed E-state index contributed by atoms with van der Waals surface area (Å²) in [5.74, 6) is 1.48. The normalized spacial score (nSPS) is 14.7. The number of nitrogens with one attached hydrogen (secondary N) is 1. The van der Waals surface area contributed by atoms with E-state index in [9.17, 15) is 13.2 Å². The number of nitrogens with zero attached hydrogens (tertiary/aromatic N) is 2. The lowest BCUT2D eigenvalue weighted by atomic mass is 10.1. The van der Waals surface area contributed by atoms with Crippen LogP contribution in [-0.2, 0) is 21.2 Å². The lowest BCUT2D eigenvalue weighted by Gasteiger charge is -2.35. The third-order valence-electron chi connectivity index (χ3n) is 5.57. The molecule has 180 valence electrons. The number of amides is 1. The molecule has 2 aromatic rings. The molecule has 0 aliphatic carbocycles. The topological polar surface area (TPSA) is 88.2 Å². The predicted octanol–water partition coefficient (Wildman–Crippen LogP) is 2.29. The second kappa shape index (κ2) is 11.9. The minimum atomic E-state index is -3.35. The zero-order valence-corrected chi connectivity index (χ0v) is 20.1. The summed E-state index contributed by atoms with van der Waals surface area (Å²) in [6.45, 7) is 5.05. The number of anilines is 1. The van der Waals surface area contributed by atoms with Crippen molar-refractivity contribution in [3.63, 3.8) is 0 Å². The Bertz CT molecular complexity index is 986. The molecule has 9 heteroatoms. The van der Waals surface area contributed by atoms with E-state index in [1.165, 1.54) is 0 Å². The molecule has 0 radical (unpaired) electrons. The maximum absolute atomic E-state index is 12.7. The highest BCUT2D eigenvalue weighted by atomic mass is 32.2. The quantitative estimate of drug-likeness (QED) is 0.502. The molecule has 1 N–H and O–H groups in total. The molecule has 33 heavy (non-hydrogen) atoms. The van der Waals surface area contributed by atoms with E-state index in [1.54, 1.807) is 11.4 Å². The molecule has 2 aromatic carbocycles. The van der Waals surface area contributed by atoms with E-state index in [0.717, 1.165) is 22.7 Å². The molecule has 0 bridgehead atoms. The molecule has 0 unspecified atom stereocenters. The van der Waals surface area contributed by atoms with Gasteiger partial charge in [0.2, 0.25) is 15.9 Å². The van der Waals surface area contributed by atoms with E-state index in [-0.39, 0.29) is 18.1 Å². The van der Waals surface area contributed by atoms with Crippen LogP contribution < -0.4 is 19.7 Å². The van der Waals surface area contributed by atoms with Crippen molar-refractivity contribution >= 4 is 21.6 Å². The van der Waals surface area contributed by atoms with Gasteiger partial charge in [-0.3, -0.25) is 4.79 Å². The Labute approximate surface area is 196 Å². The van der Waals surface area contributed by atoms with Gasteiger partial charge in [-0.2, -0.15) is 4.31 Å². The van der Waals surface area contributed by atoms with Crippen molar-refractivity contribution in [1.29, 1.82) is 0 Å². The SMILES string of the molecule is CCOc1ccc(CC(=O)NCCCS(=O)(=O)N2CCN(c3ccc(OC)cc3)CC2)cc1. The van der Waals surface area contributed by atoms with Gasteiger partial charge in [0, 0.05) is 38.4 Å². The van der Waals surface area contributed by atoms with Crippen molar-refractivity contribution in [2.24, 2.45) is 0 Å². The fourth-order valence-corrected chi connectivity index (χ4v) is 5.23. The number of carbonyl (C=O) groups excluding carboxylic acids is 1. The largest absolute Gasteiger partial charge is 0.497 e. The van der Waals surface area contributed by atoms with Crippen LogP contribution in [0.15, 0.2) is 48.5 Å². The zero-order chi connectivity index (χ0) is 23.7. The van der Waals surface area contributed by atoms with Crippen LogP contribution in [0.5, 0.6) is 11.5 Å². The minimum absolute atomic E-state index is 0.0267. The molecule has 3 rings (SSSR count). The summed E-state index contributed by atoms with van der Waals surface area (Å²) >= 11 is 0. The Kier molecular flexibility index (Phi) is 8.96. The number of hydrogen-bond donors (Lipinski definition) is 1. The van der Waals surface area contributed by atoms with Gasteiger partial charge in [0.05, 0.1) is 25.9 Å². The first-order chi connectivity index (χ1) is 15.9. The third kappa shape index (κ3) is 7.36. The second-order valence-corrected chi connectivity index (χ2v) is 9.95. The summed E-state index contributed by atoms with van der Waals surface area (Å²) in [5, 5.41) is 2.81. The molecule has 1 aliphatic heterocycles. The first kappa shape index (κ1) is 24.9. The van der Waals surface area contributed by atoms with Crippen molar-refractivity contribution in [3.05, 3.63) is 54.1 Å². The van der Waals surface area contributed by atoms with Crippen LogP contribution in [0.25, 0.3) is 0 Å². The van der Waals surface area contributed by atoms with Crippen molar-refractivity contribution in [2.75, 3.05) is 57.1 Å². The van der Waals surface area contributed by atoms with Crippen LogP contribution in [0, 0.1) is 0 Å². The van der Waals surface area contributed by atoms with Gasteiger partial charge >= 0.3 is 0 Å². The zero-order valence-electron chi connectivity index (χ0n) is 19.3. The van der Waals surface area contributed by atoms with Gasteiger partial charge in [0.25, 0.3) is 0 Å². The number of ether oxygens (including phenoxy) is 2. The lowest BCUT2D eigenvalue weighted by Crippen LogP contribution is -2.49. The fraction of sp³-hybridized carbons (Fsp3) is 0.458. The summed E-state index contributed by atoms with van der Waals surface area (Å²) in [6, 6.07) is 15.2. The first-order valence-electron chi connectivity index (χ1n) is 11.3. The minimum Gasteiger partial charge on any atom is -0.497 e. The van der Waals surface area contributed by atoms with Gasteiger partial charge in [-0.05, 0) is 55.3 Å². The summed E-state index contributed by atoms with van der Waals surface area (Å²) in [6.07, 6.45) is 0.641. The fourth-order valence-electron chi connectivity index (χ4n) is 3.75. The number of hydrogen-bond acceptors (Lipinski definition) is 6. The Morgan fingerprint density at radius 2 is 1.61 bits per heavy atom. The molecule has 1 amide bonds. The molecular weight excluding hydrogens is 442 g/mol. The Morgan fingerprint density at radius 1 is 0.970 bits per heavy atom. The maximum atomic E-state index is 12.7. The number of piperazine rings is 1. The Morgan fingerprint density at radius 3 is 2.21 bits per heavy atom. The second-order valence-electron chi connectivity index (χ2n) is 7.86. The monoisotopic (exact) mass is 475 g/mol. The van der Waals surface area contributed by atoms with E-state index >= 15 is 0 Å². The van der Waals surface area contributed by atoms with Gasteiger partial charge in [-0.15, -0.1) is 0 Å². The Balaban J connectivity index is 1.37. The van der Waals surface area contributed by atoms with Crippen LogP contribution in [0.4, 0.5) is 5.69 Å². The molecule has 1 heterocycles. The average molecular weight is 476 g/mol. The molecular formula is C24H33N3O5S. The van der Waals surface area contributed by atoms with E-state index < -0.39 is 10.0 Å². The Hall–Kier alpha value is -2.78. The van der Waals surface area contributed by atoms with Crippen LogP contribution in [-0.4, -0.2) is 70.8 Å². The van der Waals surface area contributed by atoms with Crippen LogP contribution in [0.2, 0.25) is 0 Å². The number of methoxy groups -OCH3 is 1. The van der Waals surface area contributed by atoms with Crippen molar-refractivity contribution < 1.29 is 22.7 Å². The summed E-state index contributed by atoms with van der Waals surface area (Å²) < 4.78 is 37.5. The summed E-state index contributed by atoms with van der Waals surface area (Å²) in [5.41, 5.74) is 1.95. The van der Waals surface area contributed by atoms with Gasteiger partial charge in [0.15, 0.2) is 0 Å². The van der Waals surface area contributed by atoms with E-state index in [0.29, 0.717) is 45.8 Å². The van der Waals surface area contributed by atoms with Crippen LogP contribution in [0.1, 0.15) is 18.9 Å². The van der Waals surface area contributed by atoms with Gasteiger partial charge in [0.1, 0.15) is 11.5 Å². The number of sulfonamides is 1. The van der Waals surface area contributed by atoms with Crippen LogP contribution in [0.3, 0.4) is 0 Å². The van der Waals surface area contributed by atoms with Crippen molar-refractivity contribution in [1.82, 2.24) is 9.62 Å². The van der Waals surface area contributed by atoms with Gasteiger partial charge in [-0.25, -0.2) is 8.42 Å². The molecule has 0 atom stereocenters. The summed E-state index contributed by atoms with van der Waals surface area (Å²) in [4.78, 5) is 14.3. The van der Waals surface area contributed by atoms with Gasteiger partial charge < -0.3 is 19.7 Å². The smallest absolute Gasteiger partial charge is 0.224 e. The van der Waals surface area contributed by atoms with Crippen molar-refractivity contribution in [3.8, 4) is 11.5 Å². The highest BCUT2D eigenvalue weighted by Gasteiger charge is 2.26. The maximum Gasteiger partial charge on any atom is 0.224 e. The lowest BCUT2D eigenvalue weighted by molar-refractivity contribution is -0.120. The first-order valence-corrected chi connectivity index (χ1v) is 12.9. The van der Waals surface area contributed by atoms with E-state index in [1.807, 2.05) is 55.5 Å². The highest BCUT2D eigenvalue weighted by molar-refractivity contribution is 7.89. The average Bonchev–Trinajstić information content (AvgIpc) is 2.83. The van der Waals surface area contributed by atoms with E-state index in [2.05, 4.69) is 10.2 Å².